The van der Waals surface area contributed by atoms with Crippen molar-refractivity contribution in [1.82, 2.24) is 0 Å². The Morgan fingerprint density at radius 2 is 1.64 bits per heavy atom. The first kappa shape index (κ1) is 21.5. The van der Waals surface area contributed by atoms with Crippen molar-refractivity contribution < 1.29 is 0 Å². The maximum atomic E-state index is 4.40. The van der Waals surface area contributed by atoms with Crippen molar-refractivity contribution in [3.05, 3.63) is 24.8 Å². The fourth-order valence-electron chi connectivity index (χ4n) is 3.19. The Balaban J connectivity index is 4.04. The minimum absolute atomic E-state index is 0.673. The number of hydrogen-bond donors (Lipinski definition) is 0. The Labute approximate surface area is 141 Å². The van der Waals surface area contributed by atoms with Gasteiger partial charge >= 0.3 is 0 Å². The molecule has 0 aromatic heterocycles. The maximum Gasteiger partial charge on any atom is -0.0209 e. The molecule has 0 N–H and O–H groups in total. The Hall–Kier alpha value is -0.520. The van der Waals surface area contributed by atoms with E-state index < -0.39 is 0 Å². The van der Waals surface area contributed by atoms with Crippen LogP contribution in [0.15, 0.2) is 24.8 Å². The van der Waals surface area contributed by atoms with Gasteiger partial charge in [0.25, 0.3) is 0 Å². The average molecular weight is 307 g/mol. The molecule has 0 heteroatoms. The molecule has 4 unspecified atom stereocenters. The minimum Gasteiger partial charge on any atom is -0.103 e. The summed E-state index contributed by atoms with van der Waals surface area (Å²) in [6.07, 6.45) is 14.0. The summed E-state index contributed by atoms with van der Waals surface area (Å²) in [7, 11) is 0. The second-order valence-corrected chi connectivity index (χ2v) is 7.52. The molecule has 0 heterocycles. The minimum atomic E-state index is 0.673. The quantitative estimate of drug-likeness (QED) is 0.287. The van der Waals surface area contributed by atoms with Crippen LogP contribution in [-0.4, -0.2) is 0 Å². The smallest absolute Gasteiger partial charge is 0.0209 e. The number of allylic oxidation sites excluding steroid dienone is 2. The predicted molar refractivity (Wildman–Crippen MR) is 103 cm³/mol. The van der Waals surface area contributed by atoms with Gasteiger partial charge in [-0.05, 0) is 42.9 Å². The van der Waals surface area contributed by atoms with Gasteiger partial charge in [0.15, 0.2) is 0 Å². The van der Waals surface area contributed by atoms with Crippen molar-refractivity contribution in [3.63, 3.8) is 0 Å². The third kappa shape index (κ3) is 9.49. The van der Waals surface area contributed by atoms with Crippen molar-refractivity contribution in [1.29, 1.82) is 0 Å². The summed E-state index contributed by atoms with van der Waals surface area (Å²) in [4.78, 5) is 0. The van der Waals surface area contributed by atoms with Crippen LogP contribution < -0.4 is 0 Å². The van der Waals surface area contributed by atoms with Crippen molar-refractivity contribution in [2.24, 2.45) is 23.7 Å². The van der Waals surface area contributed by atoms with Gasteiger partial charge in [0, 0.05) is 0 Å². The monoisotopic (exact) mass is 306 g/mol. The van der Waals surface area contributed by atoms with Gasteiger partial charge in [0.1, 0.15) is 0 Å². The molecular formula is C22H42. The van der Waals surface area contributed by atoms with Gasteiger partial charge in [-0.3, -0.25) is 0 Å². The zero-order chi connectivity index (χ0) is 17.0. The van der Waals surface area contributed by atoms with E-state index in [4.69, 9.17) is 0 Å². The molecule has 0 bridgehead atoms. The summed E-state index contributed by atoms with van der Waals surface area (Å²) in [5.74, 6) is 3.03. The summed E-state index contributed by atoms with van der Waals surface area (Å²) in [6.45, 7) is 20.0. The van der Waals surface area contributed by atoms with Crippen LogP contribution in [0.5, 0.6) is 0 Å². The maximum absolute atomic E-state index is 4.40. The SMILES string of the molecule is C=CC(C)CCCC(CC)CCC(=C)C(C)C(C)CCCC. The molecule has 0 saturated heterocycles. The molecule has 0 aromatic rings. The van der Waals surface area contributed by atoms with E-state index in [1.165, 1.54) is 63.4 Å². The van der Waals surface area contributed by atoms with E-state index in [0.29, 0.717) is 11.8 Å². The van der Waals surface area contributed by atoms with E-state index in [1.807, 2.05) is 0 Å². The average Bonchev–Trinajstić information content (AvgIpc) is 2.54. The fourth-order valence-corrected chi connectivity index (χ4v) is 3.19. The zero-order valence-corrected chi connectivity index (χ0v) is 16.2. The first-order chi connectivity index (χ1) is 10.5. The van der Waals surface area contributed by atoms with Crippen LogP contribution in [0, 0.1) is 23.7 Å². The summed E-state index contributed by atoms with van der Waals surface area (Å²) in [6, 6.07) is 0. The topological polar surface area (TPSA) is 0 Å². The van der Waals surface area contributed by atoms with E-state index in [2.05, 4.69) is 53.9 Å². The molecule has 0 fully saturated rings. The lowest BCUT2D eigenvalue weighted by molar-refractivity contribution is 0.367. The first-order valence-corrected chi connectivity index (χ1v) is 9.76. The molecule has 0 radical (unpaired) electrons. The normalized spacial score (nSPS) is 16.8. The Kier molecular flexibility index (Phi) is 12.7. The number of rotatable bonds is 14. The highest BCUT2D eigenvalue weighted by molar-refractivity contribution is 5.01. The van der Waals surface area contributed by atoms with E-state index in [1.54, 1.807) is 0 Å². The molecule has 0 aliphatic heterocycles. The molecule has 0 rings (SSSR count). The van der Waals surface area contributed by atoms with Crippen LogP contribution in [0.4, 0.5) is 0 Å². The molecule has 0 nitrogen and oxygen atoms in total. The van der Waals surface area contributed by atoms with Gasteiger partial charge < -0.3 is 0 Å². The van der Waals surface area contributed by atoms with Crippen LogP contribution >= 0.6 is 0 Å². The van der Waals surface area contributed by atoms with E-state index in [0.717, 1.165) is 11.8 Å². The molecule has 0 amide bonds. The lowest BCUT2D eigenvalue weighted by atomic mass is 9.82. The highest BCUT2D eigenvalue weighted by Crippen LogP contribution is 2.29. The Bertz CT molecular complexity index is 288. The van der Waals surface area contributed by atoms with Crippen LogP contribution in [0.25, 0.3) is 0 Å². The fraction of sp³-hybridized carbons (Fsp3) is 0.818. The molecule has 0 aromatic carbocycles. The van der Waals surface area contributed by atoms with Gasteiger partial charge in [-0.15, -0.1) is 6.58 Å². The summed E-state index contributed by atoms with van der Waals surface area (Å²) in [5.41, 5.74) is 1.49. The summed E-state index contributed by atoms with van der Waals surface area (Å²) >= 11 is 0. The standard InChI is InChI=1S/C22H42/c1-8-11-14-19(5)21(7)20(6)16-17-22(10-3)15-12-13-18(4)9-2/h9,18-19,21-22H,2,6,8,10-17H2,1,3-5,7H3. The van der Waals surface area contributed by atoms with Crippen molar-refractivity contribution in [2.75, 3.05) is 0 Å². The Morgan fingerprint density at radius 1 is 0.955 bits per heavy atom. The highest BCUT2D eigenvalue weighted by Gasteiger charge is 2.16. The Morgan fingerprint density at radius 3 is 2.18 bits per heavy atom. The third-order valence-corrected chi connectivity index (χ3v) is 5.64. The predicted octanol–water partition coefficient (Wildman–Crippen LogP) is 7.80. The van der Waals surface area contributed by atoms with Crippen molar-refractivity contribution in [3.8, 4) is 0 Å². The molecule has 0 aliphatic carbocycles. The lowest BCUT2D eigenvalue weighted by Gasteiger charge is -2.24. The van der Waals surface area contributed by atoms with Crippen LogP contribution in [0.1, 0.15) is 92.4 Å². The van der Waals surface area contributed by atoms with Crippen LogP contribution in [-0.2, 0) is 0 Å². The second-order valence-electron chi connectivity index (χ2n) is 7.52. The highest BCUT2D eigenvalue weighted by atomic mass is 14.2. The molecule has 0 saturated carbocycles. The van der Waals surface area contributed by atoms with Gasteiger partial charge in [0.05, 0.1) is 0 Å². The molecular weight excluding hydrogens is 264 g/mol. The van der Waals surface area contributed by atoms with Gasteiger partial charge in [-0.25, -0.2) is 0 Å². The van der Waals surface area contributed by atoms with Crippen molar-refractivity contribution in [2.45, 2.75) is 92.4 Å². The molecule has 4 atom stereocenters. The zero-order valence-electron chi connectivity index (χ0n) is 16.2. The van der Waals surface area contributed by atoms with Crippen LogP contribution in [0.2, 0.25) is 0 Å². The van der Waals surface area contributed by atoms with E-state index >= 15 is 0 Å². The summed E-state index contributed by atoms with van der Waals surface area (Å²) in [5, 5.41) is 0. The van der Waals surface area contributed by atoms with Gasteiger partial charge in [-0.1, -0.05) is 91.4 Å². The molecule has 22 heavy (non-hydrogen) atoms. The molecule has 130 valence electrons. The van der Waals surface area contributed by atoms with E-state index in [9.17, 15) is 0 Å². The van der Waals surface area contributed by atoms with Crippen molar-refractivity contribution >= 4 is 0 Å². The lowest BCUT2D eigenvalue weighted by Crippen LogP contribution is -2.11. The van der Waals surface area contributed by atoms with Gasteiger partial charge in [0.2, 0.25) is 0 Å². The van der Waals surface area contributed by atoms with E-state index in [-0.39, 0.29) is 0 Å². The number of hydrogen-bond acceptors (Lipinski definition) is 0. The molecule has 0 spiro atoms. The third-order valence-electron chi connectivity index (χ3n) is 5.64. The second kappa shape index (κ2) is 13.0. The number of unbranched alkanes of at least 4 members (excludes halogenated alkanes) is 1. The first-order valence-electron chi connectivity index (χ1n) is 9.76. The summed E-state index contributed by atoms with van der Waals surface area (Å²) < 4.78 is 0. The van der Waals surface area contributed by atoms with Gasteiger partial charge in [-0.2, -0.15) is 0 Å². The molecule has 0 aliphatic rings. The van der Waals surface area contributed by atoms with Crippen LogP contribution in [0.3, 0.4) is 0 Å². The largest absolute Gasteiger partial charge is 0.103 e.